The van der Waals surface area contributed by atoms with Crippen LogP contribution in [-0.2, 0) is 11.2 Å². The Bertz CT molecular complexity index is 624. The molecule has 4 nitrogen and oxygen atoms in total. The number of rotatable bonds is 5. The lowest BCUT2D eigenvalue weighted by Gasteiger charge is -2.17. The van der Waals surface area contributed by atoms with E-state index in [-0.39, 0.29) is 0 Å². The van der Waals surface area contributed by atoms with E-state index in [0.717, 1.165) is 11.3 Å². The summed E-state index contributed by atoms with van der Waals surface area (Å²) in [5.41, 5.74) is 2.68. The monoisotopic (exact) mass is 296 g/mol. The Hall–Kier alpha value is -2.62. The predicted octanol–water partition coefficient (Wildman–Crippen LogP) is 4.27. The van der Waals surface area contributed by atoms with Crippen LogP contribution in [0, 0.1) is 0 Å². The quantitative estimate of drug-likeness (QED) is 0.611. The van der Waals surface area contributed by atoms with Crippen molar-refractivity contribution in [2.45, 2.75) is 20.3 Å². The normalized spacial score (nSPS) is 11.1. The van der Waals surface area contributed by atoms with Crippen molar-refractivity contribution < 1.29 is 9.53 Å². The fourth-order valence-corrected chi connectivity index (χ4v) is 2.06. The average Bonchev–Trinajstić information content (AvgIpc) is 2.54. The smallest absolute Gasteiger partial charge is 0.435 e. The molecule has 0 saturated carbocycles. The van der Waals surface area contributed by atoms with Crippen LogP contribution in [0.5, 0.6) is 0 Å². The summed E-state index contributed by atoms with van der Waals surface area (Å²) in [6.07, 6.45) is 0.213. The van der Waals surface area contributed by atoms with Gasteiger partial charge in [0.15, 0.2) is 0 Å². The van der Waals surface area contributed by atoms with E-state index in [4.69, 9.17) is 4.74 Å². The maximum atomic E-state index is 12.1. The van der Waals surface area contributed by atoms with E-state index >= 15 is 0 Å². The third kappa shape index (κ3) is 4.45. The summed E-state index contributed by atoms with van der Waals surface area (Å²) in [5.74, 6) is 0. The van der Waals surface area contributed by atoms with Crippen LogP contribution in [-0.4, -0.2) is 18.4 Å². The molecule has 0 aromatic heterocycles. The highest BCUT2D eigenvalue weighted by atomic mass is 16.6. The number of hydrogen-bond donors (Lipinski definition) is 0. The minimum atomic E-state index is -0.471. The minimum Gasteiger partial charge on any atom is -0.448 e. The first-order valence-corrected chi connectivity index (χ1v) is 7.30. The predicted molar refractivity (Wildman–Crippen MR) is 89.2 cm³/mol. The van der Waals surface area contributed by atoms with Crippen LogP contribution < -0.4 is 5.01 Å². The van der Waals surface area contributed by atoms with Crippen LogP contribution >= 0.6 is 0 Å². The number of nitrogens with zero attached hydrogens (tertiary/aromatic N) is 2. The number of ether oxygens (including phenoxy) is 1. The van der Waals surface area contributed by atoms with Crippen LogP contribution in [0.25, 0.3) is 0 Å². The molecule has 2 aromatic carbocycles. The first kappa shape index (κ1) is 15.8. The number of anilines is 1. The van der Waals surface area contributed by atoms with Gasteiger partial charge in [-0.25, -0.2) is 4.79 Å². The number of amides is 1. The van der Waals surface area contributed by atoms with E-state index in [9.17, 15) is 4.79 Å². The lowest BCUT2D eigenvalue weighted by molar-refractivity contribution is 0.160. The highest BCUT2D eigenvalue weighted by molar-refractivity contribution is 5.92. The summed E-state index contributed by atoms with van der Waals surface area (Å²) in [6, 6.07) is 19.3. The number of hydrazone groups is 1. The van der Waals surface area contributed by atoms with Crippen molar-refractivity contribution in [2.75, 3.05) is 11.6 Å². The van der Waals surface area contributed by atoms with Crippen molar-refractivity contribution in [1.29, 1.82) is 0 Å². The standard InChI is InChI=1S/C18H20N2O2/c1-3-22-18(21)20(17-12-8-5-9-13-17)19-15(2)14-16-10-6-4-7-11-16/h4-13H,3,14H2,1-2H3/b19-15+. The molecule has 114 valence electrons. The topological polar surface area (TPSA) is 41.9 Å². The zero-order valence-electron chi connectivity index (χ0n) is 12.9. The zero-order valence-corrected chi connectivity index (χ0v) is 12.9. The van der Waals surface area contributed by atoms with Gasteiger partial charge in [-0.3, -0.25) is 0 Å². The Morgan fingerprint density at radius 3 is 2.23 bits per heavy atom. The van der Waals surface area contributed by atoms with Crippen LogP contribution in [0.4, 0.5) is 10.5 Å². The van der Waals surface area contributed by atoms with Gasteiger partial charge in [0.1, 0.15) is 0 Å². The van der Waals surface area contributed by atoms with Crippen molar-refractivity contribution in [3.63, 3.8) is 0 Å². The molecule has 0 aliphatic carbocycles. The van der Waals surface area contributed by atoms with Crippen molar-refractivity contribution in [3.8, 4) is 0 Å². The van der Waals surface area contributed by atoms with Gasteiger partial charge < -0.3 is 4.74 Å². The van der Waals surface area contributed by atoms with Gasteiger partial charge in [0.25, 0.3) is 0 Å². The molecule has 22 heavy (non-hydrogen) atoms. The van der Waals surface area contributed by atoms with E-state index in [1.807, 2.05) is 67.6 Å². The summed E-state index contributed by atoms with van der Waals surface area (Å²) in [6.45, 7) is 4.00. The summed E-state index contributed by atoms with van der Waals surface area (Å²) < 4.78 is 5.09. The Morgan fingerprint density at radius 1 is 1.05 bits per heavy atom. The van der Waals surface area contributed by atoms with Crippen molar-refractivity contribution in [2.24, 2.45) is 5.10 Å². The van der Waals surface area contributed by atoms with E-state index in [1.54, 1.807) is 6.92 Å². The summed E-state index contributed by atoms with van der Waals surface area (Å²) in [7, 11) is 0. The third-order valence-corrected chi connectivity index (χ3v) is 3.02. The Balaban J connectivity index is 2.21. The van der Waals surface area contributed by atoms with Crippen LogP contribution in [0.3, 0.4) is 0 Å². The molecule has 0 N–H and O–H groups in total. The van der Waals surface area contributed by atoms with Crippen LogP contribution in [0.1, 0.15) is 19.4 Å². The first-order chi connectivity index (χ1) is 10.7. The fraction of sp³-hybridized carbons (Fsp3) is 0.222. The molecule has 2 rings (SSSR count). The molecule has 0 aliphatic heterocycles. The van der Waals surface area contributed by atoms with Gasteiger partial charge in [-0.1, -0.05) is 48.5 Å². The zero-order chi connectivity index (χ0) is 15.8. The van der Waals surface area contributed by atoms with Crippen molar-refractivity contribution in [1.82, 2.24) is 0 Å². The number of para-hydroxylation sites is 1. The summed E-state index contributed by atoms with van der Waals surface area (Å²) in [5, 5.41) is 5.74. The van der Waals surface area contributed by atoms with Crippen LogP contribution in [0.2, 0.25) is 0 Å². The van der Waals surface area contributed by atoms with E-state index in [1.165, 1.54) is 5.01 Å². The number of carbonyl (C=O) groups is 1. The molecule has 0 aliphatic rings. The molecule has 2 aromatic rings. The highest BCUT2D eigenvalue weighted by Gasteiger charge is 2.16. The van der Waals surface area contributed by atoms with Gasteiger partial charge in [-0.15, -0.1) is 0 Å². The van der Waals surface area contributed by atoms with Gasteiger partial charge in [0.2, 0.25) is 0 Å². The second-order valence-corrected chi connectivity index (χ2v) is 4.84. The van der Waals surface area contributed by atoms with Crippen LogP contribution in [0.15, 0.2) is 65.8 Å². The average molecular weight is 296 g/mol. The largest absolute Gasteiger partial charge is 0.448 e. The van der Waals surface area contributed by atoms with Crippen molar-refractivity contribution in [3.05, 3.63) is 66.2 Å². The molecular formula is C18H20N2O2. The van der Waals surface area contributed by atoms with Gasteiger partial charge in [-0.2, -0.15) is 10.1 Å². The Kier molecular flexibility index (Phi) is 5.72. The second-order valence-electron chi connectivity index (χ2n) is 4.84. The molecule has 0 saturated heterocycles. The summed E-state index contributed by atoms with van der Waals surface area (Å²) in [4.78, 5) is 12.1. The molecule has 0 fully saturated rings. The molecule has 0 unspecified atom stereocenters. The molecule has 1 amide bonds. The van der Waals surface area contributed by atoms with E-state index in [0.29, 0.717) is 18.7 Å². The van der Waals surface area contributed by atoms with Gasteiger partial charge in [0, 0.05) is 12.1 Å². The first-order valence-electron chi connectivity index (χ1n) is 7.30. The lowest BCUT2D eigenvalue weighted by Crippen LogP contribution is -2.27. The molecular weight excluding hydrogens is 276 g/mol. The minimum absolute atomic E-state index is 0.315. The maximum Gasteiger partial charge on any atom is 0.435 e. The molecule has 4 heteroatoms. The molecule has 0 heterocycles. The Labute approximate surface area is 131 Å². The lowest BCUT2D eigenvalue weighted by atomic mass is 10.1. The Morgan fingerprint density at radius 2 is 1.64 bits per heavy atom. The third-order valence-electron chi connectivity index (χ3n) is 3.02. The van der Waals surface area contributed by atoms with Gasteiger partial charge in [0.05, 0.1) is 12.3 Å². The molecule has 0 radical (unpaired) electrons. The SMILES string of the molecule is CCOC(=O)N(/N=C(\C)Cc1ccccc1)c1ccccc1. The summed E-state index contributed by atoms with van der Waals surface area (Å²) >= 11 is 0. The van der Waals surface area contributed by atoms with Gasteiger partial charge >= 0.3 is 6.09 Å². The number of hydrogen-bond acceptors (Lipinski definition) is 3. The number of carbonyl (C=O) groups excluding carboxylic acids is 1. The molecule has 0 spiro atoms. The highest BCUT2D eigenvalue weighted by Crippen LogP contribution is 2.16. The van der Waals surface area contributed by atoms with Crippen molar-refractivity contribution >= 4 is 17.5 Å². The molecule has 0 bridgehead atoms. The maximum absolute atomic E-state index is 12.1. The van der Waals surface area contributed by atoms with E-state index < -0.39 is 6.09 Å². The second kappa shape index (κ2) is 7.98. The fourth-order valence-electron chi connectivity index (χ4n) is 2.06. The van der Waals surface area contributed by atoms with E-state index in [2.05, 4.69) is 5.10 Å². The number of benzene rings is 2. The van der Waals surface area contributed by atoms with Gasteiger partial charge in [-0.05, 0) is 31.5 Å². The molecule has 0 atom stereocenters.